The minimum Gasteiger partial charge on any atom is -0.507 e. The molecule has 0 aliphatic carbocycles. The molecule has 2 heterocycles. The van der Waals surface area contributed by atoms with Gasteiger partial charge < -0.3 is 14.3 Å². The lowest BCUT2D eigenvalue weighted by Crippen LogP contribution is -2.29. The summed E-state index contributed by atoms with van der Waals surface area (Å²) in [5, 5.41) is 11.1. The van der Waals surface area contributed by atoms with E-state index in [-0.39, 0.29) is 11.3 Å². The first-order valence-electron chi connectivity index (χ1n) is 10.0. The number of nitrogens with zero attached hydrogens (tertiary/aromatic N) is 1. The third kappa shape index (κ3) is 3.61. The molecular weight excluding hydrogens is 394 g/mol. The van der Waals surface area contributed by atoms with Crippen LogP contribution < -0.4 is 9.64 Å². The van der Waals surface area contributed by atoms with E-state index in [9.17, 15) is 14.7 Å². The van der Waals surface area contributed by atoms with E-state index in [1.54, 1.807) is 55.5 Å². The number of aryl methyl sites for hydroxylation is 2. The van der Waals surface area contributed by atoms with Gasteiger partial charge in [-0.25, -0.2) is 0 Å². The monoisotopic (exact) mass is 417 g/mol. The first kappa shape index (κ1) is 20.5. The molecule has 1 aliphatic heterocycles. The molecule has 4 rings (SSSR count). The third-order valence-corrected chi connectivity index (χ3v) is 5.44. The van der Waals surface area contributed by atoms with Crippen molar-refractivity contribution < 1.29 is 23.8 Å². The van der Waals surface area contributed by atoms with Crippen LogP contribution >= 0.6 is 0 Å². The Morgan fingerprint density at radius 1 is 1.10 bits per heavy atom. The molecular formula is C25H23NO5. The van der Waals surface area contributed by atoms with Gasteiger partial charge in [-0.1, -0.05) is 37.3 Å². The van der Waals surface area contributed by atoms with Crippen LogP contribution in [0.2, 0.25) is 0 Å². The highest BCUT2D eigenvalue weighted by Crippen LogP contribution is 2.43. The van der Waals surface area contributed by atoms with Crippen LogP contribution in [0.1, 0.15) is 35.6 Å². The number of hydrogen-bond acceptors (Lipinski definition) is 5. The molecule has 158 valence electrons. The molecule has 1 aromatic heterocycles. The van der Waals surface area contributed by atoms with Crippen molar-refractivity contribution in [3.05, 3.63) is 88.9 Å². The van der Waals surface area contributed by atoms with Gasteiger partial charge in [0, 0.05) is 17.3 Å². The summed E-state index contributed by atoms with van der Waals surface area (Å²) >= 11 is 0. The van der Waals surface area contributed by atoms with Gasteiger partial charge in [0.2, 0.25) is 0 Å². The van der Waals surface area contributed by atoms with E-state index in [4.69, 9.17) is 9.15 Å². The molecule has 6 nitrogen and oxygen atoms in total. The van der Waals surface area contributed by atoms with Gasteiger partial charge in [0.05, 0.1) is 12.7 Å². The number of aliphatic hydroxyl groups excluding tert-OH is 1. The van der Waals surface area contributed by atoms with Gasteiger partial charge in [-0.2, -0.15) is 0 Å². The summed E-state index contributed by atoms with van der Waals surface area (Å²) < 4.78 is 11.1. The van der Waals surface area contributed by atoms with Gasteiger partial charge in [-0.15, -0.1) is 0 Å². The van der Waals surface area contributed by atoms with Crippen LogP contribution in [0.4, 0.5) is 5.69 Å². The zero-order valence-corrected chi connectivity index (χ0v) is 17.6. The van der Waals surface area contributed by atoms with Gasteiger partial charge in [0.15, 0.2) is 0 Å². The molecule has 0 saturated carbocycles. The molecule has 0 bridgehead atoms. The topological polar surface area (TPSA) is 80.0 Å². The third-order valence-electron chi connectivity index (χ3n) is 5.44. The minimum atomic E-state index is -0.897. The van der Waals surface area contributed by atoms with E-state index >= 15 is 0 Å². The standard InChI is InChI=1S/C25H23NO5/c1-4-16-9-11-17(12-10-16)23(27)21-22(20-13-8-15(2)31-20)26(25(29)24(21)28)18-6-5-7-19(14-18)30-3/h5-14,22,27H,4H2,1-3H3/b23-21-. The fourth-order valence-corrected chi connectivity index (χ4v) is 3.78. The van der Waals surface area contributed by atoms with Crippen LogP contribution in [-0.4, -0.2) is 23.9 Å². The first-order valence-corrected chi connectivity index (χ1v) is 10.0. The fourth-order valence-electron chi connectivity index (χ4n) is 3.78. The highest BCUT2D eigenvalue weighted by atomic mass is 16.5. The number of ether oxygens (including phenoxy) is 1. The van der Waals surface area contributed by atoms with Crippen molar-refractivity contribution in [1.29, 1.82) is 0 Å². The van der Waals surface area contributed by atoms with Crippen molar-refractivity contribution in [2.45, 2.75) is 26.3 Å². The van der Waals surface area contributed by atoms with Gasteiger partial charge in [-0.05, 0) is 43.2 Å². The lowest BCUT2D eigenvalue weighted by Gasteiger charge is -2.23. The average Bonchev–Trinajstić information content (AvgIpc) is 3.34. The molecule has 1 unspecified atom stereocenters. The number of rotatable bonds is 5. The second-order valence-electron chi connectivity index (χ2n) is 7.37. The largest absolute Gasteiger partial charge is 0.507 e. The van der Waals surface area contributed by atoms with Crippen LogP contribution in [-0.2, 0) is 16.0 Å². The number of ketones is 1. The molecule has 3 aromatic rings. The smallest absolute Gasteiger partial charge is 0.300 e. The number of carbonyl (C=O) groups is 2. The molecule has 1 N–H and O–H groups in total. The van der Waals surface area contributed by atoms with Gasteiger partial charge in [-0.3, -0.25) is 14.5 Å². The number of Topliss-reactive ketones (excluding diaryl/α,β-unsaturated/α-hetero) is 1. The summed E-state index contributed by atoms with van der Waals surface area (Å²) in [7, 11) is 1.53. The Bertz CT molecular complexity index is 1170. The minimum absolute atomic E-state index is 0.00795. The molecule has 0 radical (unpaired) electrons. The molecule has 1 saturated heterocycles. The Hall–Kier alpha value is -3.80. The Morgan fingerprint density at radius 2 is 1.84 bits per heavy atom. The molecule has 1 amide bonds. The van der Waals surface area contributed by atoms with Gasteiger partial charge in [0.25, 0.3) is 11.7 Å². The predicted molar refractivity (Wildman–Crippen MR) is 117 cm³/mol. The normalized spacial score (nSPS) is 17.9. The quantitative estimate of drug-likeness (QED) is 0.367. The number of hydrogen-bond donors (Lipinski definition) is 1. The zero-order valence-electron chi connectivity index (χ0n) is 17.6. The maximum Gasteiger partial charge on any atom is 0.300 e. The summed E-state index contributed by atoms with van der Waals surface area (Å²) in [5.41, 5.74) is 2.04. The molecule has 31 heavy (non-hydrogen) atoms. The lowest BCUT2D eigenvalue weighted by molar-refractivity contribution is -0.132. The summed E-state index contributed by atoms with van der Waals surface area (Å²) in [6, 6.07) is 16.7. The van der Waals surface area contributed by atoms with Gasteiger partial charge in [0.1, 0.15) is 29.1 Å². The Kier molecular flexibility index (Phi) is 5.38. The SMILES string of the molecule is CCc1ccc(/C(O)=C2/C(=O)C(=O)N(c3cccc(OC)c3)C2c2ccc(C)o2)cc1. The highest BCUT2D eigenvalue weighted by molar-refractivity contribution is 6.51. The van der Waals surface area contributed by atoms with Crippen molar-refractivity contribution in [2.24, 2.45) is 0 Å². The molecule has 0 spiro atoms. The zero-order chi connectivity index (χ0) is 22.1. The van der Waals surface area contributed by atoms with Crippen LogP contribution in [0.25, 0.3) is 5.76 Å². The lowest BCUT2D eigenvalue weighted by atomic mass is 9.98. The van der Waals surface area contributed by atoms with E-state index in [1.807, 2.05) is 19.1 Å². The molecule has 1 atom stereocenters. The average molecular weight is 417 g/mol. The van der Waals surface area contributed by atoms with Crippen molar-refractivity contribution in [3.8, 4) is 5.75 Å². The van der Waals surface area contributed by atoms with Crippen LogP contribution in [0.3, 0.4) is 0 Å². The van der Waals surface area contributed by atoms with Crippen molar-refractivity contribution in [1.82, 2.24) is 0 Å². The summed E-state index contributed by atoms with van der Waals surface area (Å²) in [6.07, 6.45) is 0.854. The number of benzene rings is 2. The second kappa shape index (κ2) is 8.14. The number of furan rings is 1. The maximum atomic E-state index is 13.1. The van der Waals surface area contributed by atoms with E-state index in [0.717, 1.165) is 12.0 Å². The molecule has 1 aliphatic rings. The maximum absolute atomic E-state index is 13.1. The van der Waals surface area contributed by atoms with E-state index in [1.165, 1.54) is 12.0 Å². The number of anilines is 1. The number of amides is 1. The predicted octanol–water partition coefficient (Wildman–Crippen LogP) is 4.79. The number of aliphatic hydroxyl groups is 1. The van der Waals surface area contributed by atoms with E-state index in [2.05, 4.69) is 0 Å². The Labute approximate surface area is 180 Å². The van der Waals surface area contributed by atoms with Crippen molar-refractivity contribution in [3.63, 3.8) is 0 Å². The Morgan fingerprint density at radius 3 is 2.45 bits per heavy atom. The number of methoxy groups -OCH3 is 1. The summed E-state index contributed by atoms with van der Waals surface area (Å²) in [4.78, 5) is 27.5. The highest BCUT2D eigenvalue weighted by Gasteiger charge is 2.48. The van der Waals surface area contributed by atoms with Crippen molar-refractivity contribution in [2.75, 3.05) is 12.0 Å². The van der Waals surface area contributed by atoms with Crippen LogP contribution in [0, 0.1) is 6.92 Å². The van der Waals surface area contributed by atoms with E-state index < -0.39 is 17.7 Å². The van der Waals surface area contributed by atoms with Crippen LogP contribution in [0.5, 0.6) is 5.75 Å². The fraction of sp³-hybridized carbons (Fsp3) is 0.200. The summed E-state index contributed by atoms with van der Waals surface area (Å²) in [6.45, 7) is 3.82. The molecule has 1 fully saturated rings. The van der Waals surface area contributed by atoms with Crippen LogP contribution in [0.15, 0.2) is 70.7 Å². The summed E-state index contributed by atoms with van der Waals surface area (Å²) in [5.74, 6) is -0.155. The second-order valence-corrected chi connectivity index (χ2v) is 7.37. The van der Waals surface area contributed by atoms with Gasteiger partial charge >= 0.3 is 0 Å². The first-order chi connectivity index (χ1) is 14.9. The molecule has 6 heteroatoms. The van der Waals surface area contributed by atoms with Crippen molar-refractivity contribution >= 4 is 23.1 Å². The van der Waals surface area contributed by atoms with E-state index in [0.29, 0.717) is 28.5 Å². The number of carbonyl (C=O) groups excluding carboxylic acids is 2. The molecule has 2 aromatic carbocycles. The Balaban J connectivity index is 1.90.